The van der Waals surface area contributed by atoms with E-state index in [1.807, 2.05) is 41.3 Å². The first-order valence-corrected chi connectivity index (χ1v) is 8.37. The number of carbonyl (C=O) groups excluding carboxylic acids is 1. The minimum Gasteiger partial charge on any atom is -0.454 e. The van der Waals surface area contributed by atoms with Crippen LogP contribution in [0.25, 0.3) is 0 Å². The molecule has 0 saturated carbocycles. The molecule has 1 fully saturated rings. The van der Waals surface area contributed by atoms with E-state index in [0.717, 1.165) is 36.0 Å². The van der Waals surface area contributed by atoms with E-state index >= 15 is 0 Å². The molecule has 3 heterocycles. The number of piperazine rings is 1. The van der Waals surface area contributed by atoms with Gasteiger partial charge in [0.2, 0.25) is 6.79 Å². The quantitative estimate of drug-likeness (QED) is 0.923. The molecule has 7 heteroatoms. The molecule has 2 amide bonds. The first-order valence-electron chi connectivity index (χ1n) is 8.37. The molecule has 4 rings (SSSR count). The fourth-order valence-electron chi connectivity index (χ4n) is 3.03. The molecule has 1 aromatic heterocycles. The number of anilines is 1. The number of fused-ring (bicyclic) bond motifs is 1. The Morgan fingerprint density at radius 1 is 1.08 bits per heavy atom. The average molecular weight is 340 g/mol. The van der Waals surface area contributed by atoms with Crippen molar-refractivity contribution in [3.05, 3.63) is 48.3 Å². The summed E-state index contributed by atoms with van der Waals surface area (Å²) in [6, 6.07) is 11.6. The van der Waals surface area contributed by atoms with E-state index in [-0.39, 0.29) is 12.8 Å². The third-order valence-corrected chi connectivity index (χ3v) is 4.44. The van der Waals surface area contributed by atoms with Crippen molar-refractivity contribution in [2.24, 2.45) is 0 Å². The predicted octanol–water partition coefficient (Wildman–Crippen LogP) is 1.84. The summed E-state index contributed by atoms with van der Waals surface area (Å²) < 4.78 is 10.8. The highest BCUT2D eigenvalue weighted by Gasteiger charge is 2.22. The van der Waals surface area contributed by atoms with Gasteiger partial charge in [-0.25, -0.2) is 4.79 Å². The number of urea groups is 1. The number of amides is 2. The number of carbonyl (C=O) groups is 1. The van der Waals surface area contributed by atoms with Crippen LogP contribution in [0, 0.1) is 0 Å². The average Bonchev–Trinajstić information content (AvgIpc) is 3.15. The maximum atomic E-state index is 12.3. The molecule has 130 valence electrons. The fourth-order valence-corrected chi connectivity index (χ4v) is 3.03. The molecule has 1 N–H and O–H groups in total. The van der Waals surface area contributed by atoms with Gasteiger partial charge in [0.15, 0.2) is 11.5 Å². The molecular weight excluding hydrogens is 320 g/mol. The molecule has 7 nitrogen and oxygen atoms in total. The van der Waals surface area contributed by atoms with Crippen LogP contribution in [0.3, 0.4) is 0 Å². The SMILES string of the molecule is O=C(NCc1ccccn1)N1CCN(c2ccc3c(c2)OCO3)CC1. The van der Waals surface area contributed by atoms with Crippen molar-refractivity contribution >= 4 is 11.7 Å². The summed E-state index contributed by atoms with van der Waals surface area (Å²) in [7, 11) is 0. The van der Waals surface area contributed by atoms with Crippen molar-refractivity contribution < 1.29 is 14.3 Å². The topological polar surface area (TPSA) is 66.9 Å². The zero-order valence-corrected chi connectivity index (χ0v) is 13.9. The Balaban J connectivity index is 1.30. The summed E-state index contributed by atoms with van der Waals surface area (Å²) in [6.45, 7) is 3.67. The highest BCUT2D eigenvalue weighted by atomic mass is 16.7. The van der Waals surface area contributed by atoms with Gasteiger partial charge >= 0.3 is 6.03 Å². The van der Waals surface area contributed by atoms with Crippen LogP contribution in [0.5, 0.6) is 11.5 Å². The lowest BCUT2D eigenvalue weighted by Crippen LogP contribution is -2.51. The van der Waals surface area contributed by atoms with Gasteiger partial charge < -0.3 is 24.6 Å². The summed E-state index contributed by atoms with van der Waals surface area (Å²) in [5.74, 6) is 1.57. The molecule has 0 bridgehead atoms. The van der Waals surface area contributed by atoms with Crippen molar-refractivity contribution in [3.63, 3.8) is 0 Å². The number of aromatic nitrogens is 1. The Morgan fingerprint density at radius 2 is 1.92 bits per heavy atom. The molecule has 1 aromatic carbocycles. The number of hydrogen-bond donors (Lipinski definition) is 1. The van der Waals surface area contributed by atoms with Crippen LogP contribution in [-0.2, 0) is 6.54 Å². The van der Waals surface area contributed by atoms with Crippen molar-refractivity contribution in [1.29, 1.82) is 0 Å². The number of rotatable bonds is 3. The van der Waals surface area contributed by atoms with Crippen LogP contribution in [0.1, 0.15) is 5.69 Å². The van der Waals surface area contributed by atoms with Crippen molar-refractivity contribution in [2.45, 2.75) is 6.54 Å². The molecule has 0 radical (unpaired) electrons. The summed E-state index contributed by atoms with van der Waals surface area (Å²) in [4.78, 5) is 20.6. The Labute approximate surface area is 146 Å². The summed E-state index contributed by atoms with van der Waals surface area (Å²) in [5, 5.41) is 2.93. The third-order valence-electron chi connectivity index (χ3n) is 4.44. The second-order valence-electron chi connectivity index (χ2n) is 5.99. The van der Waals surface area contributed by atoms with E-state index in [9.17, 15) is 4.79 Å². The van der Waals surface area contributed by atoms with Gasteiger partial charge in [0.1, 0.15) is 0 Å². The first kappa shape index (κ1) is 15.6. The van der Waals surface area contributed by atoms with Crippen molar-refractivity contribution in [3.8, 4) is 11.5 Å². The second kappa shape index (κ2) is 6.88. The minimum absolute atomic E-state index is 0.0454. The molecule has 0 spiro atoms. The lowest BCUT2D eigenvalue weighted by Gasteiger charge is -2.36. The van der Waals surface area contributed by atoms with Crippen LogP contribution in [0.15, 0.2) is 42.6 Å². The molecule has 0 unspecified atom stereocenters. The lowest BCUT2D eigenvalue weighted by atomic mass is 10.2. The van der Waals surface area contributed by atoms with Crippen LogP contribution < -0.4 is 19.7 Å². The highest BCUT2D eigenvalue weighted by molar-refractivity contribution is 5.74. The summed E-state index contributed by atoms with van der Waals surface area (Å²) >= 11 is 0. The zero-order chi connectivity index (χ0) is 17.1. The van der Waals surface area contributed by atoms with Gasteiger partial charge in [0.05, 0.1) is 12.2 Å². The molecular formula is C18H20N4O3. The number of ether oxygens (including phenoxy) is 2. The lowest BCUT2D eigenvalue weighted by molar-refractivity contribution is 0.174. The van der Waals surface area contributed by atoms with Gasteiger partial charge in [0, 0.05) is 44.1 Å². The van der Waals surface area contributed by atoms with E-state index < -0.39 is 0 Å². The van der Waals surface area contributed by atoms with Gasteiger partial charge in [-0.3, -0.25) is 4.98 Å². The molecule has 1 saturated heterocycles. The fraction of sp³-hybridized carbons (Fsp3) is 0.333. The normalized spacial score (nSPS) is 16.0. The smallest absolute Gasteiger partial charge is 0.317 e. The molecule has 2 aromatic rings. The maximum absolute atomic E-state index is 12.3. The number of benzene rings is 1. The zero-order valence-electron chi connectivity index (χ0n) is 13.9. The minimum atomic E-state index is -0.0454. The van der Waals surface area contributed by atoms with Gasteiger partial charge in [-0.2, -0.15) is 0 Å². The molecule has 2 aliphatic rings. The molecule has 2 aliphatic heterocycles. The number of hydrogen-bond acceptors (Lipinski definition) is 5. The van der Waals surface area contributed by atoms with Gasteiger partial charge in [0.25, 0.3) is 0 Å². The number of pyridine rings is 1. The summed E-state index contributed by atoms with van der Waals surface area (Å²) in [5.41, 5.74) is 1.95. The second-order valence-corrected chi connectivity index (χ2v) is 5.99. The number of nitrogens with zero attached hydrogens (tertiary/aromatic N) is 3. The summed E-state index contributed by atoms with van der Waals surface area (Å²) in [6.07, 6.45) is 1.73. The largest absolute Gasteiger partial charge is 0.454 e. The molecule has 25 heavy (non-hydrogen) atoms. The first-order chi connectivity index (χ1) is 12.3. The molecule has 0 aliphatic carbocycles. The van der Waals surface area contributed by atoms with Crippen molar-refractivity contribution in [1.82, 2.24) is 15.2 Å². The Kier molecular flexibility index (Phi) is 4.28. The predicted molar refractivity (Wildman–Crippen MR) is 92.8 cm³/mol. The third kappa shape index (κ3) is 3.45. The van der Waals surface area contributed by atoms with Crippen LogP contribution in [-0.4, -0.2) is 48.9 Å². The van der Waals surface area contributed by atoms with E-state index in [2.05, 4.69) is 15.2 Å². The van der Waals surface area contributed by atoms with E-state index in [4.69, 9.17) is 9.47 Å². The maximum Gasteiger partial charge on any atom is 0.317 e. The van der Waals surface area contributed by atoms with Gasteiger partial charge in [-0.1, -0.05) is 6.07 Å². The van der Waals surface area contributed by atoms with Crippen LogP contribution in [0.2, 0.25) is 0 Å². The van der Waals surface area contributed by atoms with Gasteiger partial charge in [-0.15, -0.1) is 0 Å². The van der Waals surface area contributed by atoms with E-state index in [0.29, 0.717) is 19.6 Å². The highest BCUT2D eigenvalue weighted by Crippen LogP contribution is 2.35. The van der Waals surface area contributed by atoms with Crippen LogP contribution in [0.4, 0.5) is 10.5 Å². The molecule has 0 atom stereocenters. The van der Waals surface area contributed by atoms with E-state index in [1.54, 1.807) is 6.20 Å². The Hall–Kier alpha value is -2.96. The van der Waals surface area contributed by atoms with E-state index in [1.165, 1.54) is 0 Å². The standard InChI is InChI=1S/C18H20N4O3/c23-18(20-12-14-3-1-2-6-19-14)22-9-7-21(8-10-22)15-4-5-16-17(11-15)25-13-24-16/h1-6,11H,7-10,12-13H2,(H,20,23). The Morgan fingerprint density at radius 3 is 2.72 bits per heavy atom. The van der Waals surface area contributed by atoms with Gasteiger partial charge in [-0.05, 0) is 24.3 Å². The number of nitrogens with one attached hydrogen (secondary N) is 1. The Bertz CT molecular complexity index is 745. The van der Waals surface area contributed by atoms with Crippen molar-refractivity contribution in [2.75, 3.05) is 37.9 Å². The monoisotopic (exact) mass is 340 g/mol. The van der Waals surface area contributed by atoms with Crippen LogP contribution >= 0.6 is 0 Å².